The van der Waals surface area contributed by atoms with E-state index in [1.165, 1.54) is 26.9 Å². The topological polar surface area (TPSA) is 153 Å². The first kappa shape index (κ1) is 79.4. The molecule has 1 aliphatic carbocycles. The normalized spacial score (nSPS) is 12.3. The maximum Gasteiger partial charge on any atom is 0.121 e. The van der Waals surface area contributed by atoms with Crippen LogP contribution >= 0.6 is 0 Å². The Kier molecular flexibility index (Phi) is 19.6. The Balaban J connectivity index is 0.458. The van der Waals surface area contributed by atoms with E-state index in [-0.39, 0.29) is 0 Å². The minimum atomic E-state index is 0.362. The summed E-state index contributed by atoms with van der Waals surface area (Å²) in [6, 6.07) is 163. The molecule has 0 spiro atoms. The molecule has 1 aliphatic rings. The van der Waals surface area contributed by atoms with E-state index >= 15 is 0 Å². The zero-order valence-corrected chi connectivity index (χ0v) is 73.3. The molecule has 2 N–H and O–H groups in total. The van der Waals surface area contributed by atoms with Crippen molar-refractivity contribution < 1.29 is 0 Å². The third-order valence-corrected chi connectivity index (χ3v) is 25.8. The second-order valence-corrected chi connectivity index (χ2v) is 34.2. The third kappa shape index (κ3) is 15.0. The van der Waals surface area contributed by atoms with Crippen LogP contribution in [0.25, 0.3) is 143 Å². The lowest BCUT2D eigenvalue weighted by atomic mass is 9.94. The van der Waals surface area contributed by atoms with E-state index in [0.717, 1.165) is 196 Å². The molecule has 3 heterocycles. The molecule has 3 aromatic heterocycles. The van der Waals surface area contributed by atoms with Crippen molar-refractivity contribution in [2.75, 3.05) is 25.0 Å². The molecule has 25 rings (SSSR count). The number of hydrogen-bond acceptors (Lipinski definition) is 13. The van der Waals surface area contributed by atoms with Crippen molar-refractivity contribution in [1.82, 2.24) is 45.0 Å². The number of rotatable bonds is 20. The molecular weight excluding hydrogens is 1670 g/mol. The van der Waals surface area contributed by atoms with E-state index < -0.39 is 0 Å². The van der Waals surface area contributed by atoms with Gasteiger partial charge in [-0.05, 0) is 324 Å². The molecule has 16 heteroatoms. The fraction of sp³-hybridized carbons (Fsp3) is 0. The number of benzene rings is 21. The Bertz CT molecular complexity index is 8800. The molecule has 0 unspecified atom stereocenters. The number of fused-ring (bicyclic) bond motifs is 10. The fourth-order valence-corrected chi connectivity index (χ4v) is 18.8. The van der Waals surface area contributed by atoms with Gasteiger partial charge in [0.1, 0.15) is 38.8 Å². The Morgan fingerprint density at radius 1 is 0.221 bits per heavy atom. The maximum atomic E-state index is 8.65. The van der Waals surface area contributed by atoms with Gasteiger partial charge in [-0.2, -0.15) is 19.5 Å². The van der Waals surface area contributed by atoms with Gasteiger partial charge in [0.25, 0.3) is 0 Å². The van der Waals surface area contributed by atoms with Crippen molar-refractivity contribution >= 4 is 178 Å². The van der Waals surface area contributed by atoms with Crippen LogP contribution < -0.4 is 25.0 Å². The maximum absolute atomic E-state index is 8.65. The zero-order valence-electron chi connectivity index (χ0n) is 73.3. The van der Waals surface area contributed by atoms with Gasteiger partial charge in [0, 0.05) is 79.2 Å². The quantitative estimate of drug-likeness (QED) is 0.0701. The lowest BCUT2D eigenvalue weighted by Crippen LogP contribution is -2.18. The number of nitrogens with zero attached hydrogens (tertiary/aromatic N) is 14. The van der Waals surface area contributed by atoms with Crippen LogP contribution in [0.1, 0.15) is 11.1 Å². The van der Waals surface area contributed by atoms with E-state index in [2.05, 4.69) is 425 Å². The first-order valence-corrected chi connectivity index (χ1v) is 45.4. The molecule has 24 aromatic rings. The van der Waals surface area contributed by atoms with Crippen molar-refractivity contribution in [3.05, 3.63) is 478 Å². The number of hydrogen-bond donors (Lipinski definition) is 2. The van der Waals surface area contributed by atoms with Gasteiger partial charge in [-0.3, -0.25) is 10.8 Å². The highest BCUT2D eigenvalue weighted by atomic mass is 15.5. The molecule has 0 atom stereocenters. The van der Waals surface area contributed by atoms with Crippen LogP contribution in [0.5, 0.6) is 0 Å². The molecule has 0 saturated heterocycles. The van der Waals surface area contributed by atoms with Crippen molar-refractivity contribution in [1.29, 1.82) is 5.41 Å². The molecule has 136 heavy (non-hydrogen) atoms. The van der Waals surface area contributed by atoms with Crippen LogP contribution in [0.2, 0.25) is 0 Å². The number of anilines is 13. The Morgan fingerprint density at radius 3 is 0.941 bits per heavy atom. The lowest BCUT2D eigenvalue weighted by molar-refractivity contribution is 0.765. The first-order chi connectivity index (χ1) is 67.2. The highest BCUT2D eigenvalue weighted by molar-refractivity contribution is 6.53. The summed E-state index contributed by atoms with van der Waals surface area (Å²) in [4.78, 5) is 14.4. The van der Waals surface area contributed by atoms with Crippen molar-refractivity contribution in [2.45, 2.75) is 0 Å². The summed E-state index contributed by atoms with van der Waals surface area (Å²) in [5.41, 5.74) is 33.1. The third-order valence-electron chi connectivity index (χ3n) is 25.8. The Labute approximate surface area is 782 Å². The van der Waals surface area contributed by atoms with Gasteiger partial charge >= 0.3 is 0 Å². The number of aromatic nitrogens is 9. The van der Waals surface area contributed by atoms with Gasteiger partial charge < -0.3 is 19.6 Å². The monoisotopic (exact) mass is 1740 g/mol. The van der Waals surface area contributed by atoms with E-state index in [1.807, 2.05) is 66.7 Å². The average Bonchev–Trinajstić information content (AvgIpc) is 1.64. The molecule has 0 fully saturated rings. The van der Waals surface area contributed by atoms with Gasteiger partial charge in [0.2, 0.25) is 0 Å². The van der Waals surface area contributed by atoms with Gasteiger partial charge in [0.05, 0.1) is 28.5 Å². The van der Waals surface area contributed by atoms with Crippen LogP contribution in [-0.2, 0) is 0 Å². The van der Waals surface area contributed by atoms with E-state index in [0.29, 0.717) is 11.4 Å². The number of nitrogens with one attached hydrogen (secondary N) is 2. The van der Waals surface area contributed by atoms with Crippen LogP contribution in [0.4, 0.5) is 73.9 Å². The molecule has 640 valence electrons. The zero-order chi connectivity index (χ0) is 90.1. The minimum absolute atomic E-state index is 0.362. The molecule has 0 saturated carbocycles. The van der Waals surface area contributed by atoms with E-state index in [9.17, 15) is 0 Å². The summed E-state index contributed by atoms with van der Waals surface area (Å²) in [5.74, 6) is 0. The van der Waals surface area contributed by atoms with Crippen molar-refractivity contribution in [3.63, 3.8) is 0 Å². The predicted molar refractivity (Wildman–Crippen MR) is 560 cm³/mol. The average molecular weight is 1750 g/mol. The molecule has 0 radical (unpaired) electrons. The Hall–Kier alpha value is -18.8. The SMILES string of the molecule is N=C1C=Cc2ccccc2/C1=N/Nc1ccc(N(c2ccc(-c3ccc(N(c4ccc(-n5nc6ccc7cc(-c8ccc9nn(-c%10ccc(N(c%11ccc(-c%12ccc(N(c%13ccc(-n%14nc%15ccccc%15n%14)cc%13)c%13ccc%14ccccc%14c%13)cc%12)cc%11)c%11ccc%12ccccc%12c%11)cc%10)nc9c8)ccc7c6n5)cc4)c4ccc5ccccc5c4)cc3)cc2)c2ccc3ccccc3c2)cc1. The summed E-state index contributed by atoms with van der Waals surface area (Å²) in [7, 11) is 0. The standard InChI is InChI=1S/C120H80N16/c121-113-70-38-87-17-9-10-22-111(87)119(113)123-122-95-41-55-100(56-42-95)130(107-51-33-79-13-1-5-18-88(79)74-107)96-43-25-83(26-44-96)84-31-49-99(50-32-84)133(110-54-36-82-16-4-8-21-91(82)77-110)103-61-67-106(68-62-103)136-127-117-72-40-94-73-92(37-69-112(94)120(117)129-136)93-39-71-116-118(78-93)128-135(126-116)105-65-59-102(60-66-105)132(109-53-35-81-15-3-7-20-90(81)76-109)98-47-29-86(30-48-98)85-27-45-97(46-28-85)131(108-52-34-80-14-2-6-19-89(80)75-108)101-57-63-104(64-58-101)134-124-114-23-11-12-24-115(114)125-134/h1-78,121-122H/b121-113?,123-119-. The second-order valence-electron chi connectivity index (χ2n) is 34.2. The smallest absolute Gasteiger partial charge is 0.121 e. The summed E-state index contributed by atoms with van der Waals surface area (Å²) < 4.78 is 0. The second kappa shape index (κ2) is 33.6. The highest BCUT2D eigenvalue weighted by Crippen LogP contribution is 2.45. The first-order valence-electron chi connectivity index (χ1n) is 45.4. The molecule has 0 amide bonds. The predicted octanol–water partition coefficient (Wildman–Crippen LogP) is 30.4. The number of allylic oxidation sites excluding steroid dienone is 1. The summed E-state index contributed by atoms with van der Waals surface area (Å²) in [6.07, 6.45) is 3.76. The highest BCUT2D eigenvalue weighted by Gasteiger charge is 2.24. The van der Waals surface area contributed by atoms with Gasteiger partial charge in [0.15, 0.2) is 0 Å². The molecule has 21 aromatic carbocycles. The largest absolute Gasteiger partial charge is 0.310 e. The Morgan fingerprint density at radius 2 is 0.522 bits per heavy atom. The molecule has 16 nitrogen and oxygen atoms in total. The van der Waals surface area contributed by atoms with Crippen LogP contribution in [-0.4, -0.2) is 56.4 Å². The summed E-state index contributed by atoms with van der Waals surface area (Å²) in [6.45, 7) is 0. The van der Waals surface area contributed by atoms with Crippen molar-refractivity contribution in [2.24, 2.45) is 5.10 Å². The molecule has 0 aliphatic heterocycles. The molecular formula is C120H80N16. The van der Waals surface area contributed by atoms with Crippen LogP contribution in [0, 0.1) is 5.41 Å². The van der Waals surface area contributed by atoms with Crippen LogP contribution in [0.3, 0.4) is 0 Å². The summed E-state index contributed by atoms with van der Waals surface area (Å²) >= 11 is 0. The fourth-order valence-electron chi connectivity index (χ4n) is 18.8. The van der Waals surface area contributed by atoms with Crippen LogP contribution in [0.15, 0.2) is 472 Å². The van der Waals surface area contributed by atoms with E-state index in [1.54, 1.807) is 20.5 Å². The van der Waals surface area contributed by atoms with E-state index in [4.69, 9.17) is 41.1 Å². The van der Waals surface area contributed by atoms with Gasteiger partial charge in [-0.15, -0.1) is 30.6 Å². The van der Waals surface area contributed by atoms with Crippen molar-refractivity contribution in [3.8, 4) is 50.4 Å². The molecule has 0 bridgehead atoms. The lowest BCUT2D eigenvalue weighted by Gasteiger charge is -2.27. The number of hydrazone groups is 1. The minimum Gasteiger partial charge on any atom is -0.310 e. The van der Waals surface area contributed by atoms with Gasteiger partial charge in [-0.25, -0.2) is 0 Å². The van der Waals surface area contributed by atoms with Gasteiger partial charge in [-0.1, -0.05) is 237 Å². The summed E-state index contributed by atoms with van der Waals surface area (Å²) in [5, 5.41) is 54.7.